The lowest BCUT2D eigenvalue weighted by Gasteiger charge is -2.08. The minimum Gasteiger partial charge on any atom is -0.494 e. The molecule has 0 aliphatic heterocycles. The van der Waals surface area contributed by atoms with Crippen LogP contribution in [0.3, 0.4) is 0 Å². The summed E-state index contributed by atoms with van der Waals surface area (Å²) in [7, 11) is 1.32. The molecule has 0 amide bonds. The average molecular weight is 406 g/mol. The fraction of sp³-hybridized carbons (Fsp3) is 0.238. The molecule has 148 valence electrons. The number of hydrogen-bond acceptors (Lipinski definition) is 3. The standard InChI is InChI=1S/C19H15ClFNO4.C2H6/c1-10-13(8-18(23)24)14-7-17(26-2)15(21)9-16(14)22(10)19(25)11-3-5-12(20)6-4-11;1-2/h3-7,9H,8H2,1-2H3,(H,23,24);1-2H3. The van der Waals surface area contributed by atoms with Crippen LogP contribution in [0.2, 0.25) is 5.02 Å². The lowest BCUT2D eigenvalue weighted by Crippen LogP contribution is -2.14. The summed E-state index contributed by atoms with van der Waals surface area (Å²) in [6, 6.07) is 8.89. The smallest absolute Gasteiger partial charge is 0.307 e. The molecule has 0 spiro atoms. The van der Waals surface area contributed by atoms with Gasteiger partial charge < -0.3 is 9.84 Å². The second-order valence-electron chi connectivity index (χ2n) is 5.79. The molecule has 0 atom stereocenters. The van der Waals surface area contributed by atoms with E-state index in [-0.39, 0.29) is 17.7 Å². The van der Waals surface area contributed by atoms with Gasteiger partial charge in [0.25, 0.3) is 5.91 Å². The fourth-order valence-corrected chi connectivity index (χ4v) is 3.12. The molecule has 0 saturated heterocycles. The van der Waals surface area contributed by atoms with Crippen molar-refractivity contribution in [1.29, 1.82) is 0 Å². The molecule has 0 radical (unpaired) electrons. The molecule has 7 heteroatoms. The van der Waals surface area contributed by atoms with Gasteiger partial charge >= 0.3 is 5.97 Å². The second-order valence-corrected chi connectivity index (χ2v) is 6.22. The lowest BCUT2D eigenvalue weighted by atomic mass is 10.1. The minimum atomic E-state index is -1.05. The summed E-state index contributed by atoms with van der Waals surface area (Å²) in [5, 5.41) is 10.2. The third-order valence-corrected chi connectivity index (χ3v) is 4.48. The molecule has 3 rings (SSSR count). The van der Waals surface area contributed by atoms with Gasteiger partial charge in [-0.05, 0) is 42.8 Å². The van der Waals surface area contributed by atoms with E-state index in [1.807, 2.05) is 13.8 Å². The Morgan fingerprint density at radius 2 is 1.79 bits per heavy atom. The Kier molecular flexibility index (Phi) is 6.80. The van der Waals surface area contributed by atoms with Gasteiger partial charge in [0, 0.05) is 27.7 Å². The topological polar surface area (TPSA) is 68.5 Å². The molecule has 5 nitrogen and oxygen atoms in total. The summed E-state index contributed by atoms with van der Waals surface area (Å²) < 4.78 is 20.5. The molecule has 1 aromatic heterocycles. The largest absolute Gasteiger partial charge is 0.494 e. The van der Waals surface area contributed by atoms with Crippen LogP contribution in [0.15, 0.2) is 36.4 Å². The Morgan fingerprint density at radius 3 is 2.32 bits per heavy atom. The van der Waals surface area contributed by atoms with Gasteiger partial charge in [-0.25, -0.2) is 4.39 Å². The van der Waals surface area contributed by atoms with Gasteiger partial charge in [-0.3, -0.25) is 14.2 Å². The molecule has 1 heterocycles. The zero-order valence-corrected chi connectivity index (χ0v) is 16.8. The first-order valence-electron chi connectivity index (χ1n) is 8.73. The van der Waals surface area contributed by atoms with Gasteiger partial charge in [0.05, 0.1) is 19.0 Å². The van der Waals surface area contributed by atoms with E-state index in [0.717, 1.165) is 0 Å². The molecule has 0 fully saturated rings. The van der Waals surface area contributed by atoms with Crippen LogP contribution in [0.25, 0.3) is 10.9 Å². The number of nitrogens with zero attached hydrogens (tertiary/aromatic N) is 1. The number of fused-ring (bicyclic) bond motifs is 1. The maximum atomic E-state index is 14.2. The van der Waals surface area contributed by atoms with Crippen molar-refractivity contribution in [3.05, 3.63) is 64.1 Å². The van der Waals surface area contributed by atoms with E-state index in [1.54, 1.807) is 31.2 Å². The summed E-state index contributed by atoms with van der Waals surface area (Å²) >= 11 is 5.86. The number of hydrogen-bond donors (Lipinski definition) is 1. The maximum absolute atomic E-state index is 14.2. The van der Waals surface area contributed by atoms with Crippen molar-refractivity contribution in [2.45, 2.75) is 27.2 Å². The predicted octanol–water partition coefficient (Wildman–Crippen LogP) is 5.09. The van der Waals surface area contributed by atoms with E-state index in [9.17, 15) is 19.1 Å². The number of methoxy groups -OCH3 is 1. The molecule has 1 N–H and O–H groups in total. The van der Waals surface area contributed by atoms with E-state index in [4.69, 9.17) is 16.3 Å². The lowest BCUT2D eigenvalue weighted by molar-refractivity contribution is -0.136. The zero-order valence-electron chi connectivity index (χ0n) is 16.0. The van der Waals surface area contributed by atoms with E-state index in [1.165, 1.54) is 23.8 Å². The van der Waals surface area contributed by atoms with Crippen molar-refractivity contribution in [3.63, 3.8) is 0 Å². The van der Waals surface area contributed by atoms with Crippen LogP contribution < -0.4 is 4.74 Å². The highest BCUT2D eigenvalue weighted by atomic mass is 35.5. The third kappa shape index (κ3) is 4.02. The summed E-state index contributed by atoms with van der Waals surface area (Å²) in [5.41, 5.74) is 1.52. The van der Waals surface area contributed by atoms with Gasteiger partial charge in [-0.2, -0.15) is 0 Å². The second kappa shape index (κ2) is 8.89. The predicted molar refractivity (Wildman–Crippen MR) is 107 cm³/mol. The van der Waals surface area contributed by atoms with Crippen molar-refractivity contribution >= 4 is 34.4 Å². The minimum absolute atomic E-state index is 0.0137. The maximum Gasteiger partial charge on any atom is 0.307 e. The first kappa shape index (κ1) is 21.4. The molecule has 28 heavy (non-hydrogen) atoms. The van der Waals surface area contributed by atoms with Gasteiger partial charge in [-0.15, -0.1) is 0 Å². The fourth-order valence-electron chi connectivity index (χ4n) is 2.99. The Morgan fingerprint density at radius 1 is 1.18 bits per heavy atom. The number of halogens is 2. The molecule has 0 aliphatic carbocycles. The van der Waals surface area contributed by atoms with Crippen LogP contribution in [0.1, 0.15) is 35.5 Å². The first-order valence-corrected chi connectivity index (χ1v) is 9.10. The molecule has 0 bridgehead atoms. The average Bonchev–Trinajstić information content (AvgIpc) is 2.93. The monoisotopic (exact) mass is 405 g/mol. The summed E-state index contributed by atoms with van der Waals surface area (Å²) in [4.78, 5) is 24.2. The van der Waals surface area contributed by atoms with Crippen LogP contribution in [0, 0.1) is 12.7 Å². The highest BCUT2D eigenvalue weighted by Gasteiger charge is 2.23. The van der Waals surface area contributed by atoms with Gasteiger partial charge in [0.15, 0.2) is 11.6 Å². The summed E-state index contributed by atoms with van der Waals surface area (Å²) in [5.74, 6) is -2.09. The molecule has 0 saturated carbocycles. The number of benzene rings is 2. The number of carboxylic acid groups (broad SMARTS) is 1. The summed E-state index contributed by atoms with van der Waals surface area (Å²) in [6.45, 7) is 5.64. The van der Waals surface area contributed by atoms with E-state index < -0.39 is 17.7 Å². The van der Waals surface area contributed by atoms with Gasteiger partial charge in [0.2, 0.25) is 0 Å². The molecule has 0 unspecified atom stereocenters. The number of aromatic nitrogens is 1. The Bertz CT molecular complexity index is 1030. The van der Waals surface area contributed by atoms with E-state index in [0.29, 0.717) is 27.2 Å². The highest BCUT2D eigenvalue weighted by Crippen LogP contribution is 2.32. The van der Waals surface area contributed by atoms with Crippen molar-refractivity contribution in [3.8, 4) is 5.75 Å². The molecular formula is C21H21ClFNO4. The number of carbonyl (C=O) groups is 2. The molecular weight excluding hydrogens is 385 g/mol. The SMILES string of the molecule is CC.COc1cc2c(CC(=O)O)c(C)n(C(=O)c3ccc(Cl)cc3)c2cc1F. The third-order valence-electron chi connectivity index (χ3n) is 4.23. The first-order chi connectivity index (χ1) is 13.3. The van der Waals surface area contributed by atoms with Gasteiger partial charge in [0.1, 0.15) is 0 Å². The van der Waals surface area contributed by atoms with Crippen LogP contribution in [-0.2, 0) is 11.2 Å². The van der Waals surface area contributed by atoms with Crippen molar-refractivity contribution < 1.29 is 23.8 Å². The quantitative estimate of drug-likeness (QED) is 0.656. The molecule has 3 aromatic rings. The zero-order chi connectivity index (χ0) is 21.0. The van der Waals surface area contributed by atoms with Crippen LogP contribution in [0.4, 0.5) is 4.39 Å². The number of rotatable bonds is 4. The van der Waals surface area contributed by atoms with Crippen molar-refractivity contribution in [2.75, 3.05) is 7.11 Å². The number of aliphatic carboxylic acids is 1. The number of carbonyl (C=O) groups excluding carboxylic acids is 1. The molecule has 0 aliphatic rings. The Balaban J connectivity index is 0.00000136. The normalized spacial score (nSPS) is 10.4. The van der Waals surface area contributed by atoms with Crippen LogP contribution in [0.5, 0.6) is 5.75 Å². The van der Waals surface area contributed by atoms with E-state index in [2.05, 4.69) is 0 Å². The van der Waals surface area contributed by atoms with Crippen LogP contribution in [-0.4, -0.2) is 28.7 Å². The van der Waals surface area contributed by atoms with Crippen molar-refractivity contribution in [2.24, 2.45) is 0 Å². The van der Waals surface area contributed by atoms with Crippen LogP contribution >= 0.6 is 11.6 Å². The van der Waals surface area contributed by atoms with Gasteiger partial charge in [-0.1, -0.05) is 25.4 Å². The van der Waals surface area contributed by atoms with Crippen molar-refractivity contribution in [1.82, 2.24) is 4.57 Å². The number of ether oxygens (including phenoxy) is 1. The number of carboxylic acids is 1. The van der Waals surface area contributed by atoms with E-state index >= 15 is 0 Å². The summed E-state index contributed by atoms with van der Waals surface area (Å²) in [6.07, 6.45) is -0.294. The molecule has 2 aromatic carbocycles. The Hall–Kier alpha value is -2.86. The highest BCUT2D eigenvalue weighted by molar-refractivity contribution is 6.30. The Labute approximate surface area is 167 Å².